The van der Waals surface area contributed by atoms with Crippen LogP contribution >= 0.6 is 0 Å². The Labute approximate surface area is 110 Å². The maximum atomic E-state index is 13.1. The smallest absolute Gasteiger partial charge is 0.248 e. The molecule has 4 heteroatoms. The second kappa shape index (κ2) is 5.91. The van der Waals surface area contributed by atoms with Crippen LogP contribution in [0.4, 0.5) is 10.1 Å². The van der Waals surface area contributed by atoms with Gasteiger partial charge in [0, 0.05) is 24.2 Å². The van der Waals surface area contributed by atoms with Crippen molar-refractivity contribution in [3.63, 3.8) is 0 Å². The van der Waals surface area contributed by atoms with Crippen molar-refractivity contribution in [3.8, 4) is 0 Å². The Morgan fingerprint density at radius 2 is 2.21 bits per heavy atom. The van der Waals surface area contributed by atoms with Gasteiger partial charge in [-0.25, -0.2) is 4.39 Å². The third kappa shape index (κ3) is 3.74. The van der Waals surface area contributed by atoms with Crippen LogP contribution in [0.1, 0.15) is 11.1 Å². The Hall–Kier alpha value is -2.49. The summed E-state index contributed by atoms with van der Waals surface area (Å²) < 4.78 is 13.1. The van der Waals surface area contributed by atoms with E-state index in [9.17, 15) is 9.18 Å². The first-order valence-corrected chi connectivity index (χ1v) is 5.80. The molecule has 1 heterocycles. The number of nitrogens with zero attached hydrogens (tertiary/aromatic N) is 1. The van der Waals surface area contributed by atoms with Gasteiger partial charge in [-0.15, -0.1) is 0 Å². The summed E-state index contributed by atoms with van der Waals surface area (Å²) in [6.07, 6.45) is 6.35. The highest BCUT2D eigenvalue weighted by atomic mass is 19.1. The monoisotopic (exact) mass is 256 g/mol. The lowest BCUT2D eigenvalue weighted by atomic mass is 10.2. The standard InChI is InChI=1S/C15H13FN2O/c1-11-4-6-13(16)9-14(11)18-15(19)7-5-12-3-2-8-17-10-12/h2-10H,1H3,(H,18,19)/b7-5+. The van der Waals surface area contributed by atoms with Gasteiger partial charge in [0.15, 0.2) is 0 Å². The molecule has 1 N–H and O–H groups in total. The Morgan fingerprint density at radius 1 is 1.37 bits per heavy atom. The third-order valence-corrected chi connectivity index (χ3v) is 2.57. The van der Waals surface area contributed by atoms with E-state index in [0.717, 1.165) is 11.1 Å². The van der Waals surface area contributed by atoms with Crippen LogP contribution in [0.5, 0.6) is 0 Å². The van der Waals surface area contributed by atoms with Gasteiger partial charge in [-0.2, -0.15) is 0 Å². The molecule has 0 radical (unpaired) electrons. The van der Waals surface area contributed by atoms with Gasteiger partial charge in [-0.1, -0.05) is 12.1 Å². The van der Waals surface area contributed by atoms with Gasteiger partial charge in [-0.05, 0) is 42.3 Å². The summed E-state index contributed by atoms with van der Waals surface area (Å²) in [6.45, 7) is 1.81. The number of carbonyl (C=O) groups excluding carboxylic acids is 1. The second-order valence-electron chi connectivity index (χ2n) is 4.07. The van der Waals surface area contributed by atoms with Gasteiger partial charge in [-0.3, -0.25) is 9.78 Å². The van der Waals surface area contributed by atoms with E-state index >= 15 is 0 Å². The van der Waals surface area contributed by atoms with Crippen molar-refractivity contribution >= 4 is 17.7 Å². The minimum Gasteiger partial charge on any atom is -0.322 e. The van der Waals surface area contributed by atoms with E-state index < -0.39 is 0 Å². The van der Waals surface area contributed by atoms with Crippen molar-refractivity contribution in [1.29, 1.82) is 0 Å². The molecule has 0 aliphatic carbocycles. The van der Waals surface area contributed by atoms with Crippen molar-refractivity contribution in [1.82, 2.24) is 4.98 Å². The van der Waals surface area contributed by atoms with Crippen LogP contribution in [0, 0.1) is 12.7 Å². The number of rotatable bonds is 3. The Balaban J connectivity index is 2.06. The fourth-order valence-electron chi connectivity index (χ4n) is 1.55. The molecule has 0 atom stereocenters. The molecule has 0 unspecified atom stereocenters. The lowest BCUT2D eigenvalue weighted by Gasteiger charge is -2.05. The summed E-state index contributed by atoms with van der Waals surface area (Å²) in [6, 6.07) is 7.90. The first kappa shape index (κ1) is 13.0. The van der Waals surface area contributed by atoms with E-state index in [-0.39, 0.29) is 11.7 Å². The van der Waals surface area contributed by atoms with Crippen molar-refractivity contribution in [2.45, 2.75) is 6.92 Å². The van der Waals surface area contributed by atoms with Gasteiger partial charge < -0.3 is 5.32 Å². The third-order valence-electron chi connectivity index (χ3n) is 2.57. The van der Waals surface area contributed by atoms with Crippen LogP contribution < -0.4 is 5.32 Å². The largest absolute Gasteiger partial charge is 0.322 e. The lowest BCUT2D eigenvalue weighted by molar-refractivity contribution is -0.111. The minimum atomic E-state index is -0.378. The van der Waals surface area contributed by atoms with Crippen molar-refractivity contribution in [3.05, 3.63) is 65.7 Å². The molecule has 0 saturated heterocycles. The molecule has 1 aromatic heterocycles. The molecule has 0 spiro atoms. The van der Waals surface area contributed by atoms with Crippen LogP contribution in [0.2, 0.25) is 0 Å². The van der Waals surface area contributed by atoms with E-state index in [1.807, 2.05) is 6.07 Å². The Morgan fingerprint density at radius 3 is 2.95 bits per heavy atom. The predicted molar refractivity (Wildman–Crippen MR) is 73.0 cm³/mol. The van der Waals surface area contributed by atoms with E-state index in [1.54, 1.807) is 37.5 Å². The molecule has 3 nitrogen and oxygen atoms in total. The van der Waals surface area contributed by atoms with Gasteiger partial charge in [0.05, 0.1) is 0 Å². The summed E-state index contributed by atoms with van der Waals surface area (Å²) in [4.78, 5) is 15.6. The van der Waals surface area contributed by atoms with E-state index in [4.69, 9.17) is 0 Å². The van der Waals surface area contributed by atoms with Crippen LogP contribution in [0.3, 0.4) is 0 Å². The average molecular weight is 256 g/mol. The van der Waals surface area contributed by atoms with Crippen LogP contribution in [-0.2, 0) is 4.79 Å². The van der Waals surface area contributed by atoms with Crippen molar-refractivity contribution in [2.75, 3.05) is 5.32 Å². The summed E-state index contributed by atoms with van der Waals surface area (Å²) in [5.41, 5.74) is 2.11. The first-order valence-electron chi connectivity index (χ1n) is 5.80. The zero-order valence-corrected chi connectivity index (χ0v) is 10.4. The molecule has 96 valence electrons. The lowest BCUT2D eigenvalue weighted by Crippen LogP contribution is -2.09. The van der Waals surface area contributed by atoms with Crippen molar-refractivity contribution in [2.24, 2.45) is 0 Å². The van der Waals surface area contributed by atoms with Gasteiger partial charge in [0.25, 0.3) is 0 Å². The average Bonchev–Trinajstić information content (AvgIpc) is 2.42. The fraction of sp³-hybridized carbons (Fsp3) is 0.0667. The number of benzene rings is 1. The molecule has 0 aliphatic heterocycles. The molecule has 0 saturated carbocycles. The summed E-state index contributed by atoms with van der Waals surface area (Å²) >= 11 is 0. The number of nitrogens with one attached hydrogen (secondary N) is 1. The zero-order valence-electron chi connectivity index (χ0n) is 10.4. The van der Waals surface area contributed by atoms with E-state index in [2.05, 4.69) is 10.3 Å². The van der Waals surface area contributed by atoms with E-state index in [1.165, 1.54) is 18.2 Å². The molecule has 19 heavy (non-hydrogen) atoms. The summed E-state index contributed by atoms with van der Waals surface area (Å²) in [5, 5.41) is 2.64. The SMILES string of the molecule is Cc1ccc(F)cc1NC(=O)/C=C/c1cccnc1. The molecule has 0 fully saturated rings. The van der Waals surface area contributed by atoms with Crippen molar-refractivity contribution < 1.29 is 9.18 Å². The minimum absolute atomic E-state index is 0.308. The molecule has 2 aromatic rings. The maximum Gasteiger partial charge on any atom is 0.248 e. The molecular weight excluding hydrogens is 243 g/mol. The molecule has 2 rings (SSSR count). The Kier molecular flexibility index (Phi) is 4.03. The highest BCUT2D eigenvalue weighted by molar-refractivity contribution is 6.02. The second-order valence-corrected chi connectivity index (χ2v) is 4.07. The quantitative estimate of drug-likeness (QED) is 0.857. The highest BCUT2D eigenvalue weighted by Crippen LogP contribution is 2.15. The summed E-state index contributed by atoms with van der Waals surface area (Å²) in [5.74, 6) is -0.685. The van der Waals surface area contributed by atoms with Crippen LogP contribution in [0.15, 0.2) is 48.8 Å². The zero-order chi connectivity index (χ0) is 13.7. The number of aryl methyl sites for hydroxylation is 1. The normalized spacial score (nSPS) is 10.6. The molecule has 0 aliphatic rings. The number of amides is 1. The number of pyridine rings is 1. The van der Waals surface area contributed by atoms with Gasteiger partial charge in [0.1, 0.15) is 5.82 Å². The number of hydrogen-bond donors (Lipinski definition) is 1. The number of carbonyl (C=O) groups is 1. The molecule has 0 bridgehead atoms. The fourth-order valence-corrected chi connectivity index (χ4v) is 1.55. The molecular formula is C15H13FN2O. The number of halogens is 1. The van der Waals surface area contributed by atoms with Gasteiger partial charge in [0.2, 0.25) is 5.91 Å². The highest BCUT2D eigenvalue weighted by Gasteiger charge is 2.03. The topological polar surface area (TPSA) is 42.0 Å². The molecule has 1 amide bonds. The molecule has 1 aromatic carbocycles. The predicted octanol–water partition coefficient (Wildman–Crippen LogP) is 3.18. The van der Waals surface area contributed by atoms with Crippen LogP contribution in [-0.4, -0.2) is 10.9 Å². The number of anilines is 1. The number of aromatic nitrogens is 1. The first-order chi connectivity index (χ1) is 9.15. The Bertz CT molecular complexity index is 609. The van der Waals surface area contributed by atoms with Crippen LogP contribution in [0.25, 0.3) is 6.08 Å². The number of hydrogen-bond acceptors (Lipinski definition) is 2. The summed E-state index contributed by atoms with van der Waals surface area (Å²) in [7, 11) is 0. The van der Waals surface area contributed by atoms with E-state index in [0.29, 0.717) is 5.69 Å². The van der Waals surface area contributed by atoms with Gasteiger partial charge >= 0.3 is 0 Å². The maximum absolute atomic E-state index is 13.1.